The number of aromatic hydroxyl groups is 1. The number of nitrogens with one attached hydrogen (secondary N) is 3. The number of benzene rings is 1. The third-order valence-corrected chi connectivity index (χ3v) is 3.47. The minimum atomic E-state index is -0.327. The van der Waals surface area contributed by atoms with E-state index in [2.05, 4.69) is 30.9 Å². The van der Waals surface area contributed by atoms with E-state index in [1.165, 1.54) is 0 Å². The molecule has 2 amide bonds. The SMILES string of the molecule is CCNC(=O)Nc1ccc2ncc(Nc3ccc(C)c(O)c3)nc2n1. The molecule has 2 heterocycles. The number of amides is 2. The number of aryl methyl sites for hydroxylation is 1. The van der Waals surface area contributed by atoms with Crippen molar-refractivity contribution in [1.82, 2.24) is 20.3 Å². The van der Waals surface area contributed by atoms with Crippen LogP contribution in [0.3, 0.4) is 0 Å². The third kappa shape index (κ3) is 3.92. The summed E-state index contributed by atoms with van der Waals surface area (Å²) in [5.74, 6) is 1.07. The van der Waals surface area contributed by atoms with Crippen LogP contribution in [-0.2, 0) is 0 Å². The van der Waals surface area contributed by atoms with Gasteiger partial charge in [0.25, 0.3) is 0 Å². The van der Waals surface area contributed by atoms with Crippen LogP contribution in [0.15, 0.2) is 36.5 Å². The number of anilines is 3. The lowest BCUT2D eigenvalue weighted by molar-refractivity contribution is 0.252. The number of hydrogen-bond donors (Lipinski definition) is 4. The summed E-state index contributed by atoms with van der Waals surface area (Å²) >= 11 is 0. The van der Waals surface area contributed by atoms with Crippen molar-refractivity contribution in [1.29, 1.82) is 0 Å². The molecule has 0 bridgehead atoms. The Kier molecular flexibility index (Phi) is 4.60. The number of nitrogens with zero attached hydrogens (tertiary/aromatic N) is 3. The minimum absolute atomic E-state index is 0.199. The van der Waals surface area contributed by atoms with Crippen LogP contribution in [0.1, 0.15) is 12.5 Å². The first-order valence-corrected chi connectivity index (χ1v) is 7.80. The highest BCUT2D eigenvalue weighted by atomic mass is 16.3. The lowest BCUT2D eigenvalue weighted by Gasteiger charge is -2.08. The Labute approximate surface area is 144 Å². The lowest BCUT2D eigenvalue weighted by Crippen LogP contribution is -2.28. The zero-order chi connectivity index (χ0) is 17.8. The Bertz CT molecular complexity index is 928. The molecule has 8 heteroatoms. The number of fused-ring (bicyclic) bond motifs is 1. The second-order valence-electron chi connectivity index (χ2n) is 5.41. The van der Waals surface area contributed by atoms with E-state index in [1.54, 1.807) is 30.5 Å². The van der Waals surface area contributed by atoms with Crippen molar-refractivity contribution in [3.8, 4) is 5.75 Å². The highest BCUT2D eigenvalue weighted by Gasteiger charge is 2.06. The van der Waals surface area contributed by atoms with Crippen molar-refractivity contribution < 1.29 is 9.90 Å². The van der Waals surface area contributed by atoms with Gasteiger partial charge in [-0.3, -0.25) is 5.32 Å². The monoisotopic (exact) mass is 338 g/mol. The largest absolute Gasteiger partial charge is 0.508 e. The number of carbonyl (C=O) groups excluding carboxylic acids is 1. The Morgan fingerprint density at radius 3 is 2.72 bits per heavy atom. The number of urea groups is 1. The van der Waals surface area contributed by atoms with Crippen LogP contribution >= 0.6 is 0 Å². The first-order chi connectivity index (χ1) is 12.0. The molecule has 0 unspecified atom stereocenters. The van der Waals surface area contributed by atoms with Gasteiger partial charge in [0, 0.05) is 18.3 Å². The Morgan fingerprint density at radius 2 is 1.96 bits per heavy atom. The van der Waals surface area contributed by atoms with E-state index in [-0.39, 0.29) is 11.8 Å². The normalized spacial score (nSPS) is 10.5. The summed E-state index contributed by atoms with van der Waals surface area (Å²) < 4.78 is 0. The fourth-order valence-electron chi connectivity index (χ4n) is 2.18. The van der Waals surface area contributed by atoms with Crippen LogP contribution in [-0.4, -0.2) is 32.6 Å². The molecule has 0 fully saturated rings. The fourth-order valence-corrected chi connectivity index (χ4v) is 2.18. The van der Waals surface area contributed by atoms with Gasteiger partial charge in [-0.1, -0.05) is 6.07 Å². The van der Waals surface area contributed by atoms with E-state index in [4.69, 9.17) is 0 Å². The van der Waals surface area contributed by atoms with Crippen LogP contribution in [0.2, 0.25) is 0 Å². The average molecular weight is 338 g/mol. The van der Waals surface area contributed by atoms with Gasteiger partial charge in [-0.2, -0.15) is 0 Å². The van der Waals surface area contributed by atoms with Crippen molar-refractivity contribution >= 4 is 34.5 Å². The number of aromatic nitrogens is 3. The zero-order valence-corrected chi connectivity index (χ0v) is 13.9. The first-order valence-electron chi connectivity index (χ1n) is 7.80. The van der Waals surface area contributed by atoms with E-state index in [9.17, 15) is 9.90 Å². The van der Waals surface area contributed by atoms with Crippen molar-refractivity contribution in [2.75, 3.05) is 17.2 Å². The molecule has 2 aromatic heterocycles. The molecule has 3 aromatic rings. The molecule has 0 aliphatic rings. The van der Waals surface area contributed by atoms with Crippen LogP contribution < -0.4 is 16.0 Å². The Hall–Kier alpha value is -3.42. The summed E-state index contributed by atoms with van der Waals surface area (Å²) in [5.41, 5.74) is 2.49. The predicted octanol–water partition coefficient (Wildman–Crippen LogP) is 2.92. The number of pyridine rings is 1. The molecule has 0 aliphatic carbocycles. The van der Waals surface area contributed by atoms with Crippen LogP contribution in [0.4, 0.5) is 22.1 Å². The fraction of sp³-hybridized carbons (Fsp3) is 0.176. The summed E-state index contributed by atoms with van der Waals surface area (Å²) in [7, 11) is 0. The van der Waals surface area contributed by atoms with Gasteiger partial charge < -0.3 is 15.7 Å². The Morgan fingerprint density at radius 1 is 1.16 bits per heavy atom. The standard InChI is InChI=1S/C17H18N6O2/c1-3-18-17(25)23-14-7-6-12-16(21-14)22-15(9-19-12)20-11-5-4-10(2)13(24)8-11/h4-9,24H,3H2,1-2H3,(H3,18,20,21,22,23,25). The highest BCUT2D eigenvalue weighted by molar-refractivity contribution is 5.89. The topological polar surface area (TPSA) is 112 Å². The maximum Gasteiger partial charge on any atom is 0.320 e. The predicted molar refractivity (Wildman–Crippen MR) is 96.2 cm³/mol. The first kappa shape index (κ1) is 16.4. The molecule has 1 aromatic carbocycles. The molecule has 0 saturated heterocycles. The Balaban J connectivity index is 1.84. The van der Waals surface area contributed by atoms with Gasteiger partial charge in [0.2, 0.25) is 0 Å². The van der Waals surface area contributed by atoms with E-state index in [0.29, 0.717) is 35.0 Å². The summed E-state index contributed by atoms with van der Waals surface area (Å²) in [5, 5.41) is 18.1. The number of hydrogen-bond acceptors (Lipinski definition) is 6. The van der Waals surface area contributed by atoms with Gasteiger partial charge in [-0.15, -0.1) is 0 Å². The second-order valence-corrected chi connectivity index (χ2v) is 5.41. The van der Waals surface area contributed by atoms with Gasteiger partial charge in [0.15, 0.2) is 11.5 Å². The maximum atomic E-state index is 11.6. The quantitative estimate of drug-likeness (QED) is 0.582. The zero-order valence-electron chi connectivity index (χ0n) is 13.9. The third-order valence-electron chi connectivity index (χ3n) is 3.47. The highest BCUT2D eigenvalue weighted by Crippen LogP contribution is 2.23. The number of phenols is 1. The number of rotatable bonds is 4. The van der Waals surface area contributed by atoms with Crippen LogP contribution in [0.5, 0.6) is 5.75 Å². The van der Waals surface area contributed by atoms with E-state index >= 15 is 0 Å². The smallest absolute Gasteiger partial charge is 0.320 e. The summed E-state index contributed by atoms with van der Waals surface area (Å²) in [6.07, 6.45) is 1.58. The van der Waals surface area contributed by atoms with Crippen molar-refractivity contribution in [3.63, 3.8) is 0 Å². The summed E-state index contributed by atoms with van der Waals surface area (Å²) in [6.45, 7) is 4.18. The molecule has 25 heavy (non-hydrogen) atoms. The van der Waals surface area contributed by atoms with Gasteiger partial charge in [-0.25, -0.2) is 19.7 Å². The van der Waals surface area contributed by atoms with Crippen LogP contribution in [0.25, 0.3) is 11.2 Å². The number of phenolic OH excluding ortho intramolecular Hbond substituents is 1. The minimum Gasteiger partial charge on any atom is -0.508 e. The van der Waals surface area contributed by atoms with Crippen LogP contribution in [0, 0.1) is 6.92 Å². The molecule has 0 aliphatic heterocycles. The van der Waals surface area contributed by atoms with Gasteiger partial charge in [0.1, 0.15) is 17.1 Å². The van der Waals surface area contributed by atoms with Gasteiger partial charge in [0.05, 0.1) is 6.20 Å². The molecule has 0 spiro atoms. The van der Waals surface area contributed by atoms with E-state index in [0.717, 1.165) is 5.56 Å². The molecule has 0 radical (unpaired) electrons. The van der Waals surface area contributed by atoms with E-state index < -0.39 is 0 Å². The maximum absolute atomic E-state index is 11.6. The molecule has 128 valence electrons. The lowest BCUT2D eigenvalue weighted by atomic mass is 10.2. The summed E-state index contributed by atoms with van der Waals surface area (Å²) in [6, 6.07) is 8.32. The molecule has 4 N–H and O–H groups in total. The molecule has 0 saturated carbocycles. The molecular weight excluding hydrogens is 320 g/mol. The number of carbonyl (C=O) groups is 1. The molecule has 0 atom stereocenters. The molecule has 3 rings (SSSR count). The molecule has 8 nitrogen and oxygen atoms in total. The van der Waals surface area contributed by atoms with Gasteiger partial charge in [-0.05, 0) is 37.6 Å². The average Bonchev–Trinajstić information content (AvgIpc) is 2.58. The second kappa shape index (κ2) is 7.00. The van der Waals surface area contributed by atoms with Crippen molar-refractivity contribution in [2.24, 2.45) is 0 Å². The van der Waals surface area contributed by atoms with E-state index in [1.807, 2.05) is 19.9 Å². The molecular formula is C17H18N6O2. The summed E-state index contributed by atoms with van der Waals surface area (Å²) in [4.78, 5) is 24.6. The van der Waals surface area contributed by atoms with Crippen molar-refractivity contribution in [3.05, 3.63) is 42.1 Å². The van der Waals surface area contributed by atoms with Crippen molar-refractivity contribution in [2.45, 2.75) is 13.8 Å². The van der Waals surface area contributed by atoms with Gasteiger partial charge >= 0.3 is 6.03 Å².